The fourth-order valence-corrected chi connectivity index (χ4v) is 2.45. The van der Waals surface area contributed by atoms with Gasteiger partial charge in [-0.25, -0.2) is 4.39 Å². The van der Waals surface area contributed by atoms with Crippen molar-refractivity contribution in [2.24, 2.45) is 0 Å². The van der Waals surface area contributed by atoms with Crippen LogP contribution in [0.1, 0.15) is 25.5 Å². The molecule has 0 saturated heterocycles. The van der Waals surface area contributed by atoms with Crippen molar-refractivity contribution in [3.8, 4) is 0 Å². The van der Waals surface area contributed by atoms with E-state index in [2.05, 4.69) is 5.32 Å². The summed E-state index contributed by atoms with van der Waals surface area (Å²) >= 11 is 0. The van der Waals surface area contributed by atoms with Crippen molar-refractivity contribution in [1.82, 2.24) is 5.32 Å². The summed E-state index contributed by atoms with van der Waals surface area (Å²) in [6.45, 7) is 4.83. The summed E-state index contributed by atoms with van der Waals surface area (Å²) in [5, 5.41) is 3.28. The highest BCUT2D eigenvalue weighted by atomic mass is 19.1. The van der Waals surface area contributed by atoms with E-state index in [9.17, 15) is 4.39 Å². The molecule has 1 atom stereocenters. The largest absolute Gasteiger partial charge is 0.344 e. The van der Waals surface area contributed by atoms with Crippen LogP contribution in [-0.2, 0) is 0 Å². The second kappa shape index (κ2) is 6.53. The number of nitrogens with zero attached hydrogens (tertiary/aromatic N) is 1. The molecular formula is C17H21FN2. The average molecular weight is 272 g/mol. The van der Waals surface area contributed by atoms with Crippen LogP contribution in [0.25, 0.3) is 0 Å². The molecule has 106 valence electrons. The quantitative estimate of drug-likeness (QED) is 0.874. The van der Waals surface area contributed by atoms with Gasteiger partial charge in [0.05, 0.1) is 0 Å². The zero-order chi connectivity index (χ0) is 14.5. The number of benzene rings is 2. The van der Waals surface area contributed by atoms with Crippen molar-refractivity contribution < 1.29 is 4.39 Å². The number of rotatable bonds is 5. The van der Waals surface area contributed by atoms with E-state index in [1.54, 1.807) is 6.07 Å². The Labute approximate surface area is 120 Å². The molecule has 0 bridgehead atoms. The Balaban J connectivity index is 2.43. The lowest BCUT2D eigenvalue weighted by atomic mass is 10.0. The van der Waals surface area contributed by atoms with Crippen LogP contribution in [0, 0.1) is 5.82 Å². The smallest absolute Gasteiger partial charge is 0.130 e. The lowest BCUT2D eigenvalue weighted by Crippen LogP contribution is -2.22. The number of hydrogen-bond donors (Lipinski definition) is 1. The lowest BCUT2D eigenvalue weighted by Gasteiger charge is -2.26. The molecule has 0 heterocycles. The van der Waals surface area contributed by atoms with Crippen LogP contribution < -0.4 is 10.2 Å². The van der Waals surface area contributed by atoms with E-state index < -0.39 is 0 Å². The minimum atomic E-state index is -0.168. The van der Waals surface area contributed by atoms with Crippen molar-refractivity contribution in [3.63, 3.8) is 0 Å². The molecule has 0 spiro atoms. The van der Waals surface area contributed by atoms with Crippen LogP contribution in [0.3, 0.4) is 0 Å². The molecule has 2 aromatic rings. The van der Waals surface area contributed by atoms with Crippen LogP contribution in [0.15, 0.2) is 48.5 Å². The van der Waals surface area contributed by atoms with Crippen molar-refractivity contribution >= 4 is 11.4 Å². The zero-order valence-corrected chi connectivity index (χ0v) is 12.2. The zero-order valence-electron chi connectivity index (χ0n) is 12.2. The number of nitrogens with one attached hydrogen (secondary N) is 1. The Morgan fingerprint density at radius 3 is 2.45 bits per heavy atom. The predicted octanol–water partition coefficient (Wildman–Crippen LogP) is 4.26. The molecular weight excluding hydrogens is 251 g/mol. The Morgan fingerprint density at radius 1 is 1.10 bits per heavy atom. The van der Waals surface area contributed by atoms with Crippen LogP contribution in [0.4, 0.5) is 15.8 Å². The molecule has 0 amide bonds. The maximum Gasteiger partial charge on any atom is 0.130 e. The van der Waals surface area contributed by atoms with Crippen molar-refractivity contribution in [3.05, 3.63) is 59.9 Å². The molecule has 2 aromatic carbocycles. The molecule has 1 unspecified atom stereocenters. The van der Waals surface area contributed by atoms with Gasteiger partial charge in [-0.3, -0.25) is 0 Å². The third-order valence-corrected chi connectivity index (χ3v) is 3.48. The van der Waals surface area contributed by atoms with E-state index in [0.717, 1.165) is 17.9 Å². The van der Waals surface area contributed by atoms with Gasteiger partial charge in [0.2, 0.25) is 0 Å². The van der Waals surface area contributed by atoms with Crippen molar-refractivity contribution in [1.29, 1.82) is 0 Å². The summed E-state index contributed by atoms with van der Waals surface area (Å²) in [6, 6.07) is 15.2. The molecule has 0 fully saturated rings. The summed E-state index contributed by atoms with van der Waals surface area (Å²) in [4.78, 5) is 2.02. The molecule has 0 aliphatic carbocycles. The van der Waals surface area contributed by atoms with Gasteiger partial charge in [-0.2, -0.15) is 0 Å². The van der Waals surface area contributed by atoms with Crippen LogP contribution in [-0.4, -0.2) is 13.6 Å². The van der Waals surface area contributed by atoms with E-state index in [0.29, 0.717) is 5.56 Å². The summed E-state index contributed by atoms with van der Waals surface area (Å²) in [7, 11) is 1.96. The standard InChI is InChI=1S/C17H21FN2/c1-4-19-13(2)17-15(18)11-8-12-16(17)20(3)14-9-6-5-7-10-14/h5-13,19H,4H2,1-3H3. The topological polar surface area (TPSA) is 15.3 Å². The van der Waals surface area contributed by atoms with Gasteiger partial charge in [0.1, 0.15) is 5.82 Å². The first-order valence-corrected chi connectivity index (χ1v) is 6.95. The number of halogens is 1. The van der Waals surface area contributed by atoms with Crippen LogP contribution in [0.2, 0.25) is 0 Å². The second-order valence-corrected chi connectivity index (χ2v) is 4.85. The van der Waals surface area contributed by atoms with Crippen molar-refractivity contribution in [2.45, 2.75) is 19.9 Å². The van der Waals surface area contributed by atoms with Gasteiger partial charge in [-0.15, -0.1) is 0 Å². The predicted molar refractivity (Wildman–Crippen MR) is 83.0 cm³/mol. The first-order valence-electron chi connectivity index (χ1n) is 6.95. The van der Waals surface area contributed by atoms with Gasteiger partial charge in [0.25, 0.3) is 0 Å². The Morgan fingerprint density at radius 2 is 1.80 bits per heavy atom. The fraction of sp³-hybridized carbons (Fsp3) is 0.294. The third kappa shape index (κ3) is 2.99. The van der Waals surface area contributed by atoms with Crippen LogP contribution >= 0.6 is 0 Å². The van der Waals surface area contributed by atoms with E-state index >= 15 is 0 Å². The summed E-state index contributed by atoms with van der Waals surface area (Å²) in [5.74, 6) is -0.168. The highest BCUT2D eigenvalue weighted by molar-refractivity contribution is 5.66. The highest BCUT2D eigenvalue weighted by Gasteiger charge is 2.17. The minimum Gasteiger partial charge on any atom is -0.344 e. The molecule has 0 saturated carbocycles. The summed E-state index contributed by atoms with van der Waals surface area (Å²) < 4.78 is 14.2. The molecule has 1 N–H and O–H groups in total. The van der Waals surface area contributed by atoms with E-state index in [1.807, 2.05) is 62.2 Å². The molecule has 0 radical (unpaired) electrons. The van der Waals surface area contributed by atoms with E-state index in [4.69, 9.17) is 0 Å². The van der Waals surface area contributed by atoms with Gasteiger partial charge in [-0.05, 0) is 37.7 Å². The maximum atomic E-state index is 14.2. The monoisotopic (exact) mass is 272 g/mol. The number of para-hydroxylation sites is 1. The van der Waals surface area contributed by atoms with Gasteiger partial charge in [0, 0.05) is 30.0 Å². The van der Waals surface area contributed by atoms with E-state index in [1.165, 1.54) is 6.07 Å². The summed E-state index contributed by atoms with van der Waals surface area (Å²) in [6.07, 6.45) is 0. The fourth-order valence-electron chi connectivity index (χ4n) is 2.45. The average Bonchev–Trinajstić information content (AvgIpc) is 2.47. The van der Waals surface area contributed by atoms with Crippen LogP contribution in [0.5, 0.6) is 0 Å². The first kappa shape index (κ1) is 14.5. The molecule has 2 rings (SSSR count). The normalized spacial score (nSPS) is 12.2. The molecule has 0 aliphatic heterocycles. The lowest BCUT2D eigenvalue weighted by molar-refractivity contribution is 0.541. The summed E-state index contributed by atoms with van der Waals surface area (Å²) in [5.41, 5.74) is 2.65. The first-order chi connectivity index (χ1) is 9.65. The molecule has 20 heavy (non-hydrogen) atoms. The third-order valence-electron chi connectivity index (χ3n) is 3.48. The molecule has 2 nitrogen and oxygen atoms in total. The van der Waals surface area contributed by atoms with Gasteiger partial charge in [0.15, 0.2) is 0 Å². The highest BCUT2D eigenvalue weighted by Crippen LogP contribution is 2.32. The van der Waals surface area contributed by atoms with Gasteiger partial charge >= 0.3 is 0 Å². The van der Waals surface area contributed by atoms with Crippen molar-refractivity contribution in [2.75, 3.05) is 18.5 Å². The molecule has 3 heteroatoms. The number of hydrogen-bond acceptors (Lipinski definition) is 2. The SMILES string of the molecule is CCNC(C)c1c(F)cccc1N(C)c1ccccc1. The minimum absolute atomic E-state index is 0.0256. The Bertz CT molecular complexity index is 554. The number of anilines is 2. The maximum absolute atomic E-state index is 14.2. The molecule has 0 aromatic heterocycles. The second-order valence-electron chi connectivity index (χ2n) is 4.85. The van der Waals surface area contributed by atoms with Gasteiger partial charge in [-0.1, -0.05) is 31.2 Å². The Kier molecular flexibility index (Phi) is 4.74. The van der Waals surface area contributed by atoms with E-state index in [-0.39, 0.29) is 11.9 Å². The molecule has 0 aliphatic rings. The Hall–Kier alpha value is -1.87. The van der Waals surface area contributed by atoms with Gasteiger partial charge < -0.3 is 10.2 Å².